The zero-order chi connectivity index (χ0) is 15.7. The zero-order valence-electron chi connectivity index (χ0n) is 12.9. The van der Waals surface area contributed by atoms with Gasteiger partial charge in [0.1, 0.15) is 5.76 Å². The van der Waals surface area contributed by atoms with E-state index in [0.717, 1.165) is 17.9 Å². The average Bonchev–Trinajstić information content (AvgIpc) is 2.99. The first kappa shape index (κ1) is 15.2. The molecule has 0 atom stereocenters. The number of carbonyl (C=O) groups is 1. The SMILES string of the molecule is Cc1nn(Cc2ccc(C(=O)NCC3CCC3)o2)c(C)c1Cl. The van der Waals surface area contributed by atoms with E-state index in [2.05, 4.69) is 10.4 Å². The van der Waals surface area contributed by atoms with Crippen LogP contribution in [0.4, 0.5) is 0 Å². The van der Waals surface area contributed by atoms with E-state index in [4.69, 9.17) is 16.0 Å². The molecule has 0 aliphatic heterocycles. The fraction of sp³-hybridized carbons (Fsp3) is 0.500. The third-order valence-electron chi connectivity index (χ3n) is 4.26. The Kier molecular flexibility index (Phi) is 4.25. The van der Waals surface area contributed by atoms with Gasteiger partial charge in [-0.3, -0.25) is 9.48 Å². The molecule has 0 unspecified atom stereocenters. The second-order valence-electron chi connectivity index (χ2n) is 5.92. The summed E-state index contributed by atoms with van der Waals surface area (Å²) in [6.07, 6.45) is 3.70. The maximum absolute atomic E-state index is 12.0. The molecule has 0 spiro atoms. The van der Waals surface area contributed by atoms with E-state index in [-0.39, 0.29) is 5.91 Å². The summed E-state index contributed by atoms with van der Waals surface area (Å²) in [4.78, 5) is 12.0. The fourth-order valence-electron chi connectivity index (χ4n) is 2.58. The van der Waals surface area contributed by atoms with Crippen LogP contribution in [-0.2, 0) is 6.54 Å². The molecular weight excluding hydrogens is 302 g/mol. The van der Waals surface area contributed by atoms with Crippen LogP contribution in [-0.4, -0.2) is 22.2 Å². The Labute approximate surface area is 134 Å². The van der Waals surface area contributed by atoms with E-state index in [9.17, 15) is 4.79 Å². The van der Waals surface area contributed by atoms with Gasteiger partial charge >= 0.3 is 0 Å². The average molecular weight is 322 g/mol. The molecule has 2 heterocycles. The second kappa shape index (κ2) is 6.16. The Balaban J connectivity index is 1.62. The molecule has 1 saturated carbocycles. The lowest BCUT2D eigenvalue weighted by Crippen LogP contribution is -2.31. The van der Waals surface area contributed by atoms with Gasteiger partial charge in [-0.2, -0.15) is 5.10 Å². The Hall–Kier alpha value is -1.75. The lowest BCUT2D eigenvalue weighted by Gasteiger charge is -2.25. The first-order chi connectivity index (χ1) is 10.5. The molecule has 1 amide bonds. The van der Waals surface area contributed by atoms with Crippen LogP contribution in [0.15, 0.2) is 16.5 Å². The van der Waals surface area contributed by atoms with Gasteiger partial charge in [-0.25, -0.2) is 0 Å². The van der Waals surface area contributed by atoms with Gasteiger partial charge in [-0.15, -0.1) is 0 Å². The van der Waals surface area contributed by atoms with Crippen molar-refractivity contribution in [3.8, 4) is 0 Å². The third kappa shape index (κ3) is 3.04. The summed E-state index contributed by atoms with van der Waals surface area (Å²) in [7, 11) is 0. The Morgan fingerprint density at radius 3 is 2.82 bits per heavy atom. The summed E-state index contributed by atoms with van der Waals surface area (Å²) in [6.45, 7) is 4.99. The molecule has 6 heteroatoms. The molecule has 2 aromatic rings. The van der Waals surface area contributed by atoms with Gasteiger partial charge in [-0.1, -0.05) is 18.0 Å². The van der Waals surface area contributed by atoms with Crippen molar-refractivity contribution in [2.75, 3.05) is 6.54 Å². The zero-order valence-corrected chi connectivity index (χ0v) is 13.6. The van der Waals surface area contributed by atoms with E-state index in [0.29, 0.717) is 29.0 Å². The minimum atomic E-state index is -0.149. The predicted molar refractivity (Wildman–Crippen MR) is 84.2 cm³/mol. The summed E-state index contributed by atoms with van der Waals surface area (Å²) >= 11 is 6.13. The van der Waals surface area contributed by atoms with E-state index in [1.54, 1.807) is 10.7 Å². The molecule has 3 rings (SSSR count). The number of rotatable bonds is 5. The number of aromatic nitrogens is 2. The number of aryl methyl sites for hydroxylation is 1. The fourth-order valence-corrected chi connectivity index (χ4v) is 2.72. The molecular formula is C16H20ClN3O2. The highest BCUT2D eigenvalue weighted by Gasteiger charge is 2.19. The smallest absolute Gasteiger partial charge is 0.287 e. The van der Waals surface area contributed by atoms with Crippen LogP contribution in [0, 0.1) is 19.8 Å². The maximum atomic E-state index is 12.0. The van der Waals surface area contributed by atoms with Crippen molar-refractivity contribution in [2.24, 2.45) is 5.92 Å². The third-order valence-corrected chi connectivity index (χ3v) is 4.81. The largest absolute Gasteiger partial charge is 0.454 e. The second-order valence-corrected chi connectivity index (χ2v) is 6.29. The van der Waals surface area contributed by atoms with Crippen LogP contribution in [0.25, 0.3) is 0 Å². The lowest BCUT2D eigenvalue weighted by atomic mass is 9.85. The van der Waals surface area contributed by atoms with Crippen LogP contribution in [0.5, 0.6) is 0 Å². The number of hydrogen-bond acceptors (Lipinski definition) is 3. The number of halogens is 1. The van der Waals surface area contributed by atoms with E-state index in [1.807, 2.05) is 19.9 Å². The van der Waals surface area contributed by atoms with Crippen LogP contribution in [0.3, 0.4) is 0 Å². The van der Waals surface area contributed by atoms with Gasteiger partial charge in [0, 0.05) is 6.54 Å². The summed E-state index contributed by atoms with van der Waals surface area (Å²) in [5.41, 5.74) is 1.69. The molecule has 0 aromatic carbocycles. The minimum absolute atomic E-state index is 0.149. The van der Waals surface area contributed by atoms with Crippen LogP contribution in [0.2, 0.25) is 5.02 Å². The van der Waals surface area contributed by atoms with Crippen molar-refractivity contribution in [3.05, 3.63) is 40.1 Å². The highest BCUT2D eigenvalue weighted by Crippen LogP contribution is 2.25. The van der Waals surface area contributed by atoms with Gasteiger partial charge in [0.25, 0.3) is 5.91 Å². The summed E-state index contributed by atoms with van der Waals surface area (Å²) < 4.78 is 7.41. The number of furan rings is 1. The predicted octanol–water partition coefficient (Wildman–Crippen LogP) is 3.32. The lowest BCUT2D eigenvalue weighted by molar-refractivity contribution is 0.0909. The monoisotopic (exact) mass is 321 g/mol. The molecule has 1 fully saturated rings. The Morgan fingerprint density at radius 1 is 1.45 bits per heavy atom. The normalized spacial score (nSPS) is 14.9. The Morgan fingerprint density at radius 2 is 2.23 bits per heavy atom. The molecule has 1 aliphatic rings. The number of hydrogen-bond donors (Lipinski definition) is 1. The van der Waals surface area contributed by atoms with Crippen molar-refractivity contribution in [3.63, 3.8) is 0 Å². The standard InChI is InChI=1S/C16H20ClN3O2/c1-10-15(17)11(2)20(19-10)9-13-6-7-14(22-13)16(21)18-8-12-4-3-5-12/h6-7,12H,3-5,8-9H2,1-2H3,(H,18,21). The van der Waals surface area contributed by atoms with E-state index >= 15 is 0 Å². The quantitative estimate of drug-likeness (QED) is 0.919. The van der Waals surface area contributed by atoms with Crippen LogP contribution in [0.1, 0.15) is 47.0 Å². The van der Waals surface area contributed by atoms with E-state index < -0.39 is 0 Å². The summed E-state index contributed by atoms with van der Waals surface area (Å²) in [5, 5.41) is 7.96. The first-order valence-corrected chi connectivity index (χ1v) is 7.99. The van der Waals surface area contributed by atoms with Crippen molar-refractivity contribution in [2.45, 2.75) is 39.7 Å². The number of nitrogens with one attached hydrogen (secondary N) is 1. The molecule has 22 heavy (non-hydrogen) atoms. The number of carbonyl (C=O) groups excluding carboxylic acids is 1. The summed E-state index contributed by atoms with van der Waals surface area (Å²) in [6, 6.07) is 3.52. The molecule has 2 aromatic heterocycles. The van der Waals surface area contributed by atoms with Gasteiger partial charge < -0.3 is 9.73 Å². The van der Waals surface area contributed by atoms with Crippen LogP contribution < -0.4 is 5.32 Å². The molecule has 0 saturated heterocycles. The molecule has 5 nitrogen and oxygen atoms in total. The van der Waals surface area contributed by atoms with E-state index in [1.165, 1.54) is 19.3 Å². The van der Waals surface area contributed by atoms with Gasteiger partial charge in [0.05, 0.1) is 23.0 Å². The number of nitrogens with zero attached hydrogens (tertiary/aromatic N) is 2. The first-order valence-electron chi connectivity index (χ1n) is 7.61. The van der Waals surface area contributed by atoms with Gasteiger partial charge in [-0.05, 0) is 44.7 Å². The molecule has 1 aliphatic carbocycles. The molecule has 0 radical (unpaired) electrons. The maximum Gasteiger partial charge on any atom is 0.287 e. The van der Waals surface area contributed by atoms with Crippen molar-refractivity contribution in [1.29, 1.82) is 0 Å². The Bertz CT molecular complexity index is 686. The topological polar surface area (TPSA) is 60.1 Å². The summed E-state index contributed by atoms with van der Waals surface area (Å²) in [5.74, 6) is 1.53. The van der Waals surface area contributed by atoms with Gasteiger partial charge in [0.15, 0.2) is 5.76 Å². The highest BCUT2D eigenvalue weighted by atomic mass is 35.5. The van der Waals surface area contributed by atoms with Crippen LogP contribution >= 0.6 is 11.6 Å². The highest BCUT2D eigenvalue weighted by molar-refractivity contribution is 6.31. The van der Waals surface area contributed by atoms with Crippen molar-refractivity contribution in [1.82, 2.24) is 15.1 Å². The van der Waals surface area contributed by atoms with Gasteiger partial charge in [0.2, 0.25) is 0 Å². The molecule has 1 N–H and O–H groups in total. The van der Waals surface area contributed by atoms with Crippen molar-refractivity contribution >= 4 is 17.5 Å². The molecule has 0 bridgehead atoms. The molecule has 118 valence electrons. The number of amides is 1. The minimum Gasteiger partial charge on any atom is -0.454 e. The van der Waals surface area contributed by atoms with Crippen molar-refractivity contribution < 1.29 is 9.21 Å².